The Morgan fingerprint density at radius 2 is 1.85 bits per heavy atom. The minimum absolute atomic E-state index is 0.0952. The van der Waals surface area contributed by atoms with E-state index in [4.69, 9.17) is 4.42 Å². The number of anilines is 1. The van der Waals surface area contributed by atoms with Crippen molar-refractivity contribution in [3.8, 4) is 0 Å². The van der Waals surface area contributed by atoms with Gasteiger partial charge in [0.05, 0.1) is 10.9 Å². The average molecular weight is 379 g/mol. The van der Waals surface area contributed by atoms with Crippen LogP contribution in [0.15, 0.2) is 63.3 Å². The number of para-hydroxylation sites is 1. The maximum absolute atomic E-state index is 14.6. The first kappa shape index (κ1) is 15.8. The predicted molar refractivity (Wildman–Crippen MR) is 97.4 cm³/mol. The van der Waals surface area contributed by atoms with Gasteiger partial charge in [0.15, 0.2) is 5.43 Å². The first-order valence-electron chi connectivity index (χ1n) is 8.06. The third-order valence-electron chi connectivity index (χ3n) is 4.53. The van der Waals surface area contributed by atoms with Gasteiger partial charge in [-0.3, -0.25) is 14.5 Å². The number of hydrogen-bond donors (Lipinski definition) is 0. The van der Waals surface area contributed by atoms with E-state index in [0.29, 0.717) is 11.0 Å². The highest BCUT2D eigenvalue weighted by atomic mass is 32.1. The van der Waals surface area contributed by atoms with Gasteiger partial charge in [0.1, 0.15) is 23.0 Å². The first-order chi connectivity index (χ1) is 13.2. The van der Waals surface area contributed by atoms with Crippen molar-refractivity contribution in [1.29, 1.82) is 0 Å². The summed E-state index contributed by atoms with van der Waals surface area (Å²) in [6.45, 7) is 0. The molecule has 4 aromatic rings. The Labute approximate surface area is 155 Å². The quantitative estimate of drug-likeness (QED) is 0.533. The smallest absolute Gasteiger partial charge is 0.297 e. The van der Waals surface area contributed by atoms with Crippen molar-refractivity contribution in [3.63, 3.8) is 0 Å². The van der Waals surface area contributed by atoms with Crippen molar-refractivity contribution in [2.45, 2.75) is 6.04 Å². The molecule has 0 N–H and O–H groups in total. The molecule has 1 atom stereocenters. The molecule has 1 aliphatic heterocycles. The first-order valence-corrected chi connectivity index (χ1v) is 8.94. The zero-order valence-electron chi connectivity index (χ0n) is 13.6. The Morgan fingerprint density at radius 1 is 1.07 bits per heavy atom. The molecule has 0 spiro atoms. The van der Waals surface area contributed by atoms with Crippen LogP contribution >= 0.6 is 11.3 Å². The maximum atomic E-state index is 14.6. The van der Waals surface area contributed by atoms with E-state index in [1.807, 2.05) is 0 Å². The third kappa shape index (κ3) is 2.23. The van der Waals surface area contributed by atoms with E-state index in [0.717, 1.165) is 11.3 Å². The van der Waals surface area contributed by atoms with Gasteiger partial charge in [-0.15, -0.1) is 10.2 Å². The Kier molecular flexibility index (Phi) is 3.41. The minimum atomic E-state index is -0.970. The normalized spacial score (nSPS) is 16.1. The number of carbonyl (C=O) groups excluding carboxylic acids is 1. The largest absolute Gasteiger partial charge is 0.450 e. The molecule has 6 nitrogen and oxygen atoms in total. The van der Waals surface area contributed by atoms with Gasteiger partial charge in [0, 0.05) is 5.56 Å². The van der Waals surface area contributed by atoms with Crippen molar-refractivity contribution < 1.29 is 13.6 Å². The molecule has 2 aromatic carbocycles. The molecule has 0 aliphatic carbocycles. The lowest BCUT2D eigenvalue weighted by Crippen LogP contribution is -2.30. The SMILES string of the molecule is O=C1c2oc3ccccc3c(=O)c2[C@@H](c2ccccc2F)N1c1nncs1. The van der Waals surface area contributed by atoms with Crippen molar-refractivity contribution in [2.75, 3.05) is 4.90 Å². The Hall–Kier alpha value is -3.39. The summed E-state index contributed by atoms with van der Waals surface area (Å²) in [6, 6.07) is 11.7. The van der Waals surface area contributed by atoms with Crippen LogP contribution in [0.2, 0.25) is 0 Å². The fourth-order valence-electron chi connectivity index (χ4n) is 3.38. The molecule has 0 saturated carbocycles. The van der Waals surface area contributed by atoms with E-state index >= 15 is 0 Å². The Balaban J connectivity index is 1.87. The van der Waals surface area contributed by atoms with Gasteiger partial charge in [0.25, 0.3) is 5.91 Å². The lowest BCUT2D eigenvalue weighted by Gasteiger charge is -2.22. The summed E-state index contributed by atoms with van der Waals surface area (Å²) in [5.41, 5.74) is 1.72. The average Bonchev–Trinajstić information content (AvgIpc) is 3.29. The molecular weight excluding hydrogens is 369 g/mol. The van der Waals surface area contributed by atoms with Gasteiger partial charge in [-0.1, -0.05) is 41.7 Å². The predicted octanol–water partition coefficient (Wildman–Crippen LogP) is 3.53. The lowest BCUT2D eigenvalue weighted by molar-refractivity contribution is 0.0970. The number of rotatable bonds is 2. The molecule has 3 heterocycles. The molecule has 1 aliphatic rings. The van der Waals surface area contributed by atoms with Crippen LogP contribution in [0, 0.1) is 5.82 Å². The number of halogens is 1. The highest BCUT2D eigenvalue weighted by molar-refractivity contribution is 7.13. The number of benzene rings is 2. The zero-order valence-corrected chi connectivity index (χ0v) is 14.4. The standard InChI is InChI=1S/C19H10FN3O3S/c20-12-7-3-1-5-10(12)15-14-16(24)11-6-2-4-8-13(11)26-17(14)18(25)23(15)19-22-21-9-27-19/h1-9,15H/t15-/m1/s1. The molecule has 0 radical (unpaired) electrons. The highest BCUT2D eigenvalue weighted by Gasteiger charge is 2.45. The van der Waals surface area contributed by atoms with Crippen LogP contribution in [0.5, 0.6) is 0 Å². The van der Waals surface area contributed by atoms with Gasteiger partial charge in [-0.2, -0.15) is 0 Å². The summed E-state index contributed by atoms with van der Waals surface area (Å²) >= 11 is 1.13. The Morgan fingerprint density at radius 3 is 2.63 bits per heavy atom. The molecule has 0 saturated heterocycles. The van der Waals surface area contributed by atoms with Crippen LogP contribution in [0.4, 0.5) is 9.52 Å². The monoisotopic (exact) mass is 379 g/mol. The summed E-state index contributed by atoms with van der Waals surface area (Å²) in [7, 11) is 0. The molecule has 27 heavy (non-hydrogen) atoms. The fourth-order valence-corrected chi connectivity index (χ4v) is 3.96. The second-order valence-electron chi connectivity index (χ2n) is 5.99. The van der Waals surface area contributed by atoms with E-state index in [1.165, 1.54) is 16.5 Å². The number of aromatic nitrogens is 2. The van der Waals surface area contributed by atoms with Crippen LogP contribution in [0.25, 0.3) is 11.0 Å². The number of amides is 1. The number of carbonyl (C=O) groups is 1. The lowest BCUT2D eigenvalue weighted by atomic mass is 9.98. The van der Waals surface area contributed by atoms with Crippen molar-refractivity contribution in [2.24, 2.45) is 0 Å². The summed E-state index contributed by atoms with van der Waals surface area (Å²) < 4.78 is 20.4. The van der Waals surface area contributed by atoms with Gasteiger partial charge in [0.2, 0.25) is 10.9 Å². The zero-order chi connectivity index (χ0) is 18.5. The van der Waals surface area contributed by atoms with E-state index in [2.05, 4.69) is 10.2 Å². The molecule has 2 aromatic heterocycles. The summed E-state index contributed by atoms with van der Waals surface area (Å²) in [6.07, 6.45) is 0. The molecule has 5 rings (SSSR count). The van der Waals surface area contributed by atoms with E-state index in [-0.39, 0.29) is 27.4 Å². The van der Waals surface area contributed by atoms with Crippen LogP contribution in [0.3, 0.4) is 0 Å². The van der Waals surface area contributed by atoms with Crippen LogP contribution in [-0.2, 0) is 0 Å². The molecule has 1 amide bonds. The fraction of sp³-hybridized carbons (Fsp3) is 0.0526. The van der Waals surface area contributed by atoms with E-state index in [9.17, 15) is 14.0 Å². The number of nitrogens with zero attached hydrogens (tertiary/aromatic N) is 3. The molecule has 0 bridgehead atoms. The maximum Gasteiger partial charge on any atom is 0.297 e. The molecule has 0 fully saturated rings. The van der Waals surface area contributed by atoms with Crippen LogP contribution in [0.1, 0.15) is 27.7 Å². The number of hydrogen-bond acceptors (Lipinski definition) is 6. The Bertz CT molecular complexity index is 1250. The van der Waals surface area contributed by atoms with Crippen LogP contribution < -0.4 is 10.3 Å². The minimum Gasteiger partial charge on any atom is -0.450 e. The molecule has 8 heteroatoms. The highest BCUT2D eigenvalue weighted by Crippen LogP contribution is 2.42. The van der Waals surface area contributed by atoms with Crippen molar-refractivity contribution >= 4 is 33.3 Å². The summed E-state index contributed by atoms with van der Waals surface area (Å²) in [5, 5.41) is 8.31. The van der Waals surface area contributed by atoms with Crippen LogP contribution in [-0.4, -0.2) is 16.1 Å². The van der Waals surface area contributed by atoms with Gasteiger partial charge in [-0.05, 0) is 18.2 Å². The van der Waals surface area contributed by atoms with E-state index < -0.39 is 17.8 Å². The second-order valence-corrected chi connectivity index (χ2v) is 6.80. The topological polar surface area (TPSA) is 76.3 Å². The van der Waals surface area contributed by atoms with Gasteiger partial charge < -0.3 is 4.42 Å². The summed E-state index contributed by atoms with van der Waals surface area (Å²) in [4.78, 5) is 27.5. The number of fused-ring (bicyclic) bond motifs is 2. The van der Waals surface area contributed by atoms with E-state index in [1.54, 1.807) is 42.5 Å². The second kappa shape index (κ2) is 5.82. The van der Waals surface area contributed by atoms with Crippen molar-refractivity contribution in [1.82, 2.24) is 10.2 Å². The molecule has 132 valence electrons. The third-order valence-corrected chi connectivity index (χ3v) is 5.22. The summed E-state index contributed by atoms with van der Waals surface area (Å²) in [5.74, 6) is -1.16. The van der Waals surface area contributed by atoms with Gasteiger partial charge in [-0.25, -0.2) is 4.39 Å². The molecule has 0 unspecified atom stereocenters. The molecular formula is C19H10FN3O3S. The van der Waals surface area contributed by atoms with Gasteiger partial charge >= 0.3 is 0 Å². The van der Waals surface area contributed by atoms with Crippen molar-refractivity contribution in [3.05, 3.63) is 87.0 Å².